The Labute approximate surface area is 175 Å². The summed E-state index contributed by atoms with van der Waals surface area (Å²) < 4.78 is 17.1. The Morgan fingerprint density at radius 2 is 1.83 bits per heavy atom. The number of thiophene rings is 1. The monoisotopic (exact) mass is 434 g/mol. The molecule has 2 heterocycles. The number of hydrogen-bond acceptors (Lipinski definition) is 5. The molecule has 0 radical (unpaired) electrons. The van der Waals surface area contributed by atoms with Crippen molar-refractivity contribution < 1.29 is 14.1 Å². The van der Waals surface area contributed by atoms with E-state index in [1.807, 2.05) is 6.92 Å². The van der Waals surface area contributed by atoms with Crippen LogP contribution in [-0.4, -0.2) is 20.3 Å². The van der Waals surface area contributed by atoms with Crippen LogP contribution in [0.1, 0.15) is 59.6 Å². The molecule has 0 saturated carbocycles. The summed E-state index contributed by atoms with van der Waals surface area (Å²) in [6.45, 7) is 5.12. The molecule has 156 valence electrons. The van der Waals surface area contributed by atoms with Gasteiger partial charge in [-0.25, -0.2) is 14.1 Å². The highest BCUT2D eigenvalue weighted by atomic mass is 32.2. The molecule has 2 aromatic heterocycles. The first-order valence-electron chi connectivity index (χ1n) is 9.79. The van der Waals surface area contributed by atoms with Crippen molar-refractivity contribution in [1.29, 1.82) is 0 Å². The van der Waals surface area contributed by atoms with Gasteiger partial charge in [0.25, 0.3) is 0 Å². The number of pyridine rings is 1. The van der Waals surface area contributed by atoms with E-state index in [4.69, 9.17) is 10.1 Å². The Bertz CT molecular complexity index is 1090. The number of carbonyl (C=O) groups is 1. The van der Waals surface area contributed by atoms with Gasteiger partial charge in [0.2, 0.25) is 0 Å². The van der Waals surface area contributed by atoms with Crippen molar-refractivity contribution >= 4 is 33.0 Å². The third-order valence-corrected chi connectivity index (χ3v) is 8.49. The number of carbonyl (C=O) groups excluding carboxylic acids is 1. The highest BCUT2D eigenvalue weighted by Crippen LogP contribution is 2.37. The zero-order chi connectivity index (χ0) is 21.0. The highest BCUT2D eigenvalue weighted by molar-refractivity contribution is 7.93. The fourth-order valence-corrected chi connectivity index (χ4v) is 6.77. The second-order valence-corrected chi connectivity index (χ2v) is 11.5. The number of urea groups is 1. The molecule has 29 heavy (non-hydrogen) atoms. The molecule has 0 aliphatic heterocycles. The van der Waals surface area contributed by atoms with Crippen LogP contribution in [0.3, 0.4) is 0 Å². The summed E-state index contributed by atoms with van der Waals surface area (Å²) in [5.41, 5.74) is 4.60. The number of aliphatic hydroxyl groups is 1. The first-order valence-corrected chi connectivity index (χ1v) is 12.2. The number of aryl methyl sites for hydroxylation is 3. The third kappa shape index (κ3) is 3.84. The molecular weight excluding hydrogens is 408 g/mol. The van der Waals surface area contributed by atoms with E-state index in [0.717, 1.165) is 71.6 Å². The Hall–Kier alpha value is -1.81. The zero-order valence-corrected chi connectivity index (χ0v) is 18.5. The lowest BCUT2D eigenvalue weighted by atomic mass is 10.00. The minimum absolute atomic E-state index is 0.285. The Balaban J connectivity index is 1.67. The highest BCUT2D eigenvalue weighted by Gasteiger charge is 2.27. The Morgan fingerprint density at radius 1 is 1.24 bits per heavy atom. The molecule has 4 rings (SSSR count). The fourth-order valence-electron chi connectivity index (χ4n) is 4.24. The molecule has 4 N–H and O–H groups in total. The van der Waals surface area contributed by atoms with Gasteiger partial charge in [-0.2, -0.15) is 0 Å². The maximum Gasteiger partial charge on any atom is 0.354 e. The van der Waals surface area contributed by atoms with Crippen LogP contribution in [0.2, 0.25) is 0 Å². The number of hydrogen-bond donors (Lipinski definition) is 3. The maximum absolute atomic E-state index is 13.0. The molecule has 0 bridgehead atoms. The predicted molar refractivity (Wildman–Crippen MR) is 115 cm³/mol. The predicted octanol–water partition coefficient (Wildman–Crippen LogP) is 3.59. The molecule has 0 fully saturated rings. The lowest BCUT2D eigenvalue weighted by molar-refractivity contribution is 0.0783. The van der Waals surface area contributed by atoms with Crippen molar-refractivity contribution in [2.45, 2.75) is 69.1 Å². The summed E-state index contributed by atoms with van der Waals surface area (Å²) in [4.78, 5) is 18.3. The van der Waals surface area contributed by atoms with E-state index >= 15 is 0 Å². The van der Waals surface area contributed by atoms with Gasteiger partial charge in [-0.3, -0.25) is 4.98 Å². The number of fused-ring (bicyclic) bond motifs is 2. The first-order chi connectivity index (χ1) is 13.6. The number of anilines is 1. The van der Waals surface area contributed by atoms with Crippen LogP contribution < -0.4 is 10.5 Å². The maximum atomic E-state index is 13.0. The second-order valence-electron chi connectivity index (χ2n) is 8.23. The number of amides is 2. The van der Waals surface area contributed by atoms with E-state index in [-0.39, 0.29) is 4.21 Å². The molecule has 0 saturated heterocycles. The van der Waals surface area contributed by atoms with Crippen LogP contribution in [-0.2, 0) is 41.2 Å². The van der Waals surface area contributed by atoms with Gasteiger partial charge in [-0.1, -0.05) is 0 Å². The molecule has 1 atom stereocenters. The van der Waals surface area contributed by atoms with Gasteiger partial charge < -0.3 is 10.4 Å². The van der Waals surface area contributed by atoms with E-state index in [2.05, 4.69) is 9.68 Å². The fraction of sp³-hybridized carbons (Fsp3) is 0.500. The molecule has 7 nitrogen and oxygen atoms in total. The van der Waals surface area contributed by atoms with Crippen molar-refractivity contribution in [2.24, 2.45) is 9.50 Å². The minimum atomic E-state index is -3.41. The molecule has 0 unspecified atom stereocenters. The van der Waals surface area contributed by atoms with E-state index in [0.29, 0.717) is 5.56 Å². The Morgan fingerprint density at radius 3 is 2.34 bits per heavy atom. The summed E-state index contributed by atoms with van der Waals surface area (Å²) in [5.74, 6) is 0. The van der Waals surface area contributed by atoms with E-state index in [9.17, 15) is 14.1 Å². The number of nitrogens with one attached hydrogen (secondary N) is 1. The number of nitrogens with zero attached hydrogens (tertiary/aromatic N) is 2. The summed E-state index contributed by atoms with van der Waals surface area (Å²) in [5, 5.41) is 19.1. The zero-order valence-electron chi connectivity index (χ0n) is 16.9. The van der Waals surface area contributed by atoms with Crippen LogP contribution in [0, 0.1) is 6.92 Å². The van der Waals surface area contributed by atoms with Crippen LogP contribution >= 0.6 is 11.3 Å². The average molecular weight is 435 g/mol. The van der Waals surface area contributed by atoms with E-state index < -0.39 is 21.5 Å². The van der Waals surface area contributed by atoms with E-state index in [1.54, 1.807) is 19.9 Å². The molecule has 2 aromatic rings. The Kier molecular flexibility index (Phi) is 5.05. The second kappa shape index (κ2) is 7.16. The van der Waals surface area contributed by atoms with Gasteiger partial charge >= 0.3 is 6.03 Å². The van der Waals surface area contributed by atoms with Crippen molar-refractivity contribution in [3.63, 3.8) is 0 Å². The average Bonchev–Trinajstić information content (AvgIpc) is 3.31. The molecule has 9 heteroatoms. The minimum Gasteiger partial charge on any atom is -0.386 e. The van der Waals surface area contributed by atoms with Gasteiger partial charge in [-0.05, 0) is 82.1 Å². The summed E-state index contributed by atoms with van der Waals surface area (Å²) in [6.07, 6.45) is 5.64. The van der Waals surface area contributed by atoms with Gasteiger partial charge in [0, 0.05) is 16.3 Å². The molecule has 0 aromatic carbocycles. The standard InChI is InChI=1S/C20H26N4O3S2/c1-11-14(20(2,3)26)10-17(28-11)29(21,27)24-19(25)23-18-12-6-4-8-15(12)22-16-9-5-7-13(16)18/h10,26H,4-9H2,1-3H3,(H3,21,22,23,24,25,27)/t29-/m1/s1. The normalized spacial score (nSPS) is 17.6. The summed E-state index contributed by atoms with van der Waals surface area (Å²) in [7, 11) is -3.41. The summed E-state index contributed by atoms with van der Waals surface area (Å²) >= 11 is 1.19. The van der Waals surface area contributed by atoms with Gasteiger partial charge in [-0.15, -0.1) is 15.7 Å². The number of rotatable bonds is 3. The van der Waals surface area contributed by atoms with Crippen molar-refractivity contribution in [3.8, 4) is 0 Å². The SMILES string of the molecule is Cc1sc([S@](N)(=O)=NC(=O)Nc2c3c(nc4c2CCC4)CCC3)cc1C(C)(C)O. The molecule has 2 aliphatic rings. The summed E-state index contributed by atoms with van der Waals surface area (Å²) in [6, 6.07) is 0.879. The quantitative estimate of drug-likeness (QED) is 0.684. The van der Waals surface area contributed by atoms with Crippen molar-refractivity contribution in [2.75, 3.05) is 5.32 Å². The molecular formula is C20H26N4O3S2. The van der Waals surface area contributed by atoms with Crippen LogP contribution in [0.5, 0.6) is 0 Å². The molecule has 2 aliphatic carbocycles. The van der Waals surface area contributed by atoms with Crippen molar-refractivity contribution in [1.82, 2.24) is 4.98 Å². The number of nitrogens with two attached hydrogens (primary N) is 1. The number of aromatic nitrogens is 1. The molecule has 0 spiro atoms. The first kappa shape index (κ1) is 20.5. The lowest BCUT2D eigenvalue weighted by Gasteiger charge is -2.16. The third-order valence-electron chi connectivity index (χ3n) is 5.54. The van der Waals surface area contributed by atoms with Gasteiger partial charge in [0.1, 0.15) is 4.21 Å². The van der Waals surface area contributed by atoms with Crippen LogP contribution in [0.25, 0.3) is 0 Å². The molecule has 2 amide bonds. The largest absolute Gasteiger partial charge is 0.386 e. The van der Waals surface area contributed by atoms with Gasteiger partial charge in [0.05, 0.1) is 11.3 Å². The lowest BCUT2D eigenvalue weighted by Crippen LogP contribution is -2.19. The smallest absolute Gasteiger partial charge is 0.354 e. The van der Waals surface area contributed by atoms with Crippen molar-refractivity contribution in [3.05, 3.63) is 39.0 Å². The van der Waals surface area contributed by atoms with Crippen LogP contribution in [0.15, 0.2) is 14.6 Å². The van der Waals surface area contributed by atoms with Gasteiger partial charge in [0.15, 0.2) is 9.92 Å². The van der Waals surface area contributed by atoms with E-state index in [1.165, 1.54) is 11.3 Å². The topological polar surface area (TPSA) is 118 Å². The van der Waals surface area contributed by atoms with Crippen LogP contribution in [0.4, 0.5) is 10.5 Å².